The standard InChI is InChI=1S/C24H20ClN7O4/c1-14-10-20(27-21(33)13-36-18-5-3-4-17(11-18)35-2)32(30-14)24-28-22-19(23(34)29-24)12-26-31(22)16-8-6-15(25)7-9-16/h3-12H,13H2,1-2H3,(H,27,33)(H,28,29,34). The number of aromatic nitrogens is 6. The number of aryl methyl sites for hydroxylation is 1. The van der Waals surface area contributed by atoms with E-state index in [0.29, 0.717) is 44.8 Å². The van der Waals surface area contributed by atoms with Crippen molar-refractivity contribution >= 4 is 34.4 Å². The molecule has 1 amide bonds. The lowest BCUT2D eigenvalue weighted by molar-refractivity contribution is -0.118. The van der Waals surface area contributed by atoms with Gasteiger partial charge in [0.15, 0.2) is 12.3 Å². The first-order valence-corrected chi connectivity index (χ1v) is 11.2. The molecule has 3 aromatic heterocycles. The van der Waals surface area contributed by atoms with E-state index in [1.54, 1.807) is 68.6 Å². The smallest absolute Gasteiger partial charge is 0.263 e. The highest BCUT2D eigenvalue weighted by molar-refractivity contribution is 6.30. The van der Waals surface area contributed by atoms with Gasteiger partial charge in [-0.1, -0.05) is 17.7 Å². The number of aromatic amines is 1. The molecule has 2 aromatic carbocycles. The lowest BCUT2D eigenvalue weighted by Gasteiger charge is -2.10. The zero-order valence-corrected chi connectivity index (χ0v) is 20.0. The number of halogens is 1. The summed E-state index contributed by atoms with van der Waals surface area (Å²) in [4.78, 5) is 32.7. The first-order valence-electron chi connectivity index (χ1n) is 10.8. The van der Waals surface area contributed by atoms with Gasteiger partial charge < -0.3 is 14.8 Å². The number of methoxy groups -OCH3 is 1. The normalized spacial score (nSPS) is 11.0. The first-order chi connectivity index (χ1) is 17.4. The number of nitrogens with one attached hydrogen (secondary N) is 2. The van der Waals surface area contributed by atoms with Gasteiger partial charge in [0.2, 0.25) is 5.95 Å². The molecule has 3 heterocycles. The van der Waals surface area contributed by atoms with Crippen LogP contribution in [0.1, 0.15) is 5.69 Å². The zero-order chi connectivity index (χ0) is 25.2. The minimum Gasteiger partial charge on any atom is -0.497 e. The van der Waals surface area contributed by atoms with E-state index in [4.69, 9.17) is 21.1 Å². The summed E-state index contributed by atoms with van der Waals surface area (Å²) in [5.74, 6) is 1.10. The Kier molecular flexibility index (Phi) is 6.13. The molecule has 12 heteroatoms. The van der Waals surface area contributed by atoms with Gasteiger partial charge in [-0.05, 0) is 43.3 Å². The molecule has 2 N–H and O–H groups in total. The third-order valence-electron chi connectivity index (χ3n) is 5.21. The number of hydrogen-bond donors (Lipinski definition) is 2. The van der Waals surface area contributed by atoms with E-state index in [1.807, 2.05) is 0 Å². The summed E-state index contributed by atoms with van der Waals surface area (Å²) < 4.78 is 13.6. The summed E-state index contributed by atoms with van der Waals surface area (Å²) in [6.45, 7) is 1.51. The molecule has 5 aromatic rings. The van der Waals surface area contributed by atoms with Crippen molar-refractivity contribution in [3.05, 3.63) is 81.9 Å². The van der Waals surface area contributed by atoms with Gasteiger partial charge in [0.05, 0.1) is 24.7 Å². The summed E-state index contributed by atoms with van der Waals surface area (Å²) in [6.07, 6.45) is 1.44. The van der Waals surface area contributed by atoms with Crippen LogP contribution in [0, 0.1) is 6.92 Å². The van der Waals surface area contributed by atoms with Crippen molar-refractivity contribution in [1.29, 1.82) is 0 Å². The van der Waals surface area contributed by atoms with Crippen molar-refractivity contribution in [3.8, 4) is 23.1 Å². The molecule has 0 bridgehead atoms. The van der Waals surface area contributed by atoms with Gasteiger partial charge in [-0.25, -0.2) is 4.68 Å². The predicted octanol–water partition coefficient (Wildman–Crippen LogP) is 3.28. The monoisotopic (exact) mass is 505 g/mol. The van der Waals surface area contributed by atoms with E-state index in [1.165, 1.54) is 15.6 Å². The van der Waals surface area contributed by atoms with Gasteiger partial charge in [0, 0.05) is 17.2 Å². The Morgan fingerprint density at radius 3 is 2.67 bits per heavy atom. The van der Waals surface area contributed by atoms with Crippen LogP contribution in [-0.2, 0) is 4.79 Å². The average Bonchev–Trinajstić information content (AvgIpc) is 3.47. The van der Waals surface area contributed by atoms with Crippen LogP contribution in [-0.4, -0.2) is 49.2 Å². The molecule has 36 heavy (non-hydrogen) atoms. The molecule has 0 aliphatic carbocycles. The molecule has 0 spiro atoms. The Bertz CT molecular complexity index is 1620. The van der Waals surface area contributed by atoms with Crippen molar-refractivity contribution < 1.29 is 14.3 Å². The van der Waals surface area contributed by atoms with Crippen molar-refractivity contribution in [2.24, 2.45) is 0 Å². The fourth-order valence-electron chi connectivity index (χ4n) is 3.55. The molecule has 0 aliphatic heterocycles. The van der Waals surface area contributed by atoms with Gasteiger partial charge in [-0.3, -0.25) is 14.6 Å². The summed E-state index contributed by atoms with van der Waals surface area (Å²) in [7, 11) is 1.55. The fourth-order valence-corrected chi connectivity index (χ4v) is 3.67. The van der Waals surface area contributed by atoms with E-state index in [0.717, 1.165) is 0 Å². The maximum absolute atomic E-state index is 12.8. The van der Waals surface area contributed by atoms with Crippen LogP contribution >= 0.6 is 11.6 Å². The quantitative estimate of drug-likeness (QED) is 0.347. The summed E-state index contributed by atoms with van der Waals surface area (Å²) in [6, 6.07) is 15.6. The Hall–Kier alpha value is -4.64. The van der Waals surface area contributed by atoms with Crippen LogP contribution in [0.4, 0.5) is 5.82 Å². The van der Waals surface area contributed by atoms with Gasteiger partial charge in [-0.2, -0.15) is 19.9 Å². The molecule has 0 fully saturated rings. The van der Waals surface area contributed by atoms with Gasteiger partial charge in [0.25, 0.3) is 11.5 Å². The number of amides is 1. The minimum atomic E-state index is -0.423. The van der Waals surface area contributed by atoms with Gasteiger partial charge in [0.1, 0.15) is 22.7 Å². The third-order valence-corrected chi connectivity index (χ3v) is 5.46. The van der Waals surface area contributed by atoms with E-state index < -0.39 is 11.5 Å². The molecule has 182 valence electrons. The third kappa shape index (κ3) is 4.64. The Labute approximate surface area is 209 Å². The number of fused-ring (bicyclic) bond motifs is 1. The first kappa shape index (κ1) is 23.1. The van der Waals surface area contributed by atoms with E-state index in [2.05, 4.69) is 25.5 Å². The Balaban J connectivity index is 1.43. The number of nitrogens with zero attached hydrogens (tertiary/aromatic N) is 5. The number of ether oxygens (including phenoxy) is 2. The predicted molar refractivity (Wildman–Crippen MR) is 133 cm³/mol. The second-order valence-corrected chi connectivity index (χ2v) is 8.19. The number of hydrogen-bond acceptors (Lipinski definition) is 7. The SMILES string of the molecule is COc1cccc(OCC(=O)Nc2cc(C)nn2-c2nc3c(cnn3-c3ccc(Cl)cc3)c(=O)[nH]2)c1. The van der Waals surface area contributed by atoms with E-state index in [-0.39, 0.29) is 12.6 Å². The van der Waals surface area contributed by atoms with Crippen LogP contribution < -0.4 is 20.3 Å². The Morgan fingerprint density at radius 2 is 1.89 bits per heavy atom. The van der Waals surface area contributed by atoms with Crippen molar-refractivity contribution in [1.82, 2.24) is 29.5 Å². The Morgan fingerprint density at radius 1 is 1.11 bits per heavy atom. The van der Waals surface area contributed by atoms with E-state index >= 15 is 0 Å². The average molecular weight is 506 g/mol. The molecule has 0 unspecified atom stereocenters. The fraction of sp³-hybridized carbons (Fsp3) is 0.125. The molecular weight excluding hydrogens is 486 g/mol. The number of carbonyl (C=O) groups is 1. The number of benzene rings is 2. The molecule has 5 rings (SSSR count). The largest absolute Gasteiger partial charge is 0.497 e. The lowest BCUT2D eigenvalue weighted by atomic mass is 10.3. The van der Waals surface area contributed by atoms with Gasteiger partial charge >= 0.3 is 0 Å². The minimum absolute atomic E-state index is 0.111. The molecule has 0 radical (unpaired) electrons. The van der Waals surface area contributed by atoms with E-state index in [9.17, 15) is 9.59 Å². The molecule has 0 saturated carbocycles. The highest BCUT2D eigenvalue weighted by Gasteiger charge is 2.17. The van der Waals surface area contributed by atoms with Crippen molar-refractivity contribution in [2.75, 3.05) is 19.0 Å². The highest BCUT2D eigenvalue weighted by atomic mass is 35.5. The van der Waals surface area contributed by atoms with Crippen molar-refractivity contribution in [2.45, 2.75) is 6.92 Å². The summed E-state index contributed by atoms with van der Waals surface area (Å²) in [5.41, 5.74) is 1.20. The summed E-state index contributed by atoms with van der Waals surface area (Å²) in [5, 5.41) is 12.3. The van der Waals surface area contributed by atoms with Crippen molar-refractivity contribution in [3.63, 3.8) is 0 Å². The second-order valence-electron chi connectivity index (χ2n) is 7.76. The molecule has 0 saturated heterocycles. The highest BCUT2D eigenvalue weighted by Crippen LogP contribution is 2.21. The topological polar surface area (TPSA) is 129 Å². The number of carbonyl (C=O) groups excluding carboxylic acids is 1. The number of H-pyrrole nitrogens is 1. The van der Waals surface area contributed by atoms with Gasteiger partial charge in [-0.15, -0.1) is 0 Å². The molecule has 0 aliphatic rings. The number of anilines is 1. The zero-order valence-electron chi connectivity index (χ0n) is 19.2. The summed E-state index contributed by atoms with van der Waals surface area (Å²) >= 11 is 5.99. The van der Waals surface area contributed by atoms with Crippen LogP contribution in [0.25, 0.3) is 22.7 Å². The molecule has 0 atom stereocenters. The lowest BCUT2D eigenvalue weighted by Crippen LogP contribution is -2.23. The number of rotatable bonds is 7. The van der Waals surface area contributed by atoms with Crippen LogP contribution in [0.2, 0.25) is 5.02 Å². The van der Waals surface area contributed by atoms with Crippen LogP contribution in [0.5, 0.6) is 11.5 Å². The maximum atomic E-state index is 12.8. The van der Waals surface area contributed by atoms with Crippen LogP contribution in [0.3, 0.4) is 0 Å². The molecular formula is C24H20ClN7O4. The maximum Gasteiger partial charge on any atom is 0.263 e. The van der Waals surface area contributed by atoms with Crippen LogP contribution in [0.15, 0.2) is 65.6 Å². The molecule has 11 nitrogen and oxygen atoms in total. The second kappa shape index (κ2) is 9.55.